The van der Waals surface area contributed by atoms with Gasteiger partial charge in [0.15, 0.2) is 0 Å². The van der Waals surface area contributed by atoms with Crippen molar-refractivity contribution in [2.24, 2.45) is 0 Å². The van der Waals surface area contributed by atoms with Gasteiger partial charge in [-0.3, -0.25) is 4.79 Å². The van der Waals surface area contributed by atoms with Gasteiger partial charge in [0.2, 0.25) is 5.91 Å². The van der Waals surface area contributed by atoms with E-state index in [0.29, 0.717) is 0 Å². The molecule has 0 saturated carbocycles. The predicted octanol–water partition coefficient (Wildman–Crippen LogP) is 2.81. The molecule has 0 aliphatic carbocycles. The van der Waals surface area contributed by atoms with Gasteiger partial charge in [-0.1, -0.05) is 24.3 Å². The van der Waals surface area contributed by atoms with E-state index in [0.717, 1.165) is 24.9 Å². The van der Waals surface area contributed by atoms with Crippen molar-refractivity contribution in [3.8, 4) is 0 Å². The Morgan fingerprint density at radius 3 is 2.56 bits per heavy atom. The van der Waals surface area contributed by atoms with Gasteiger partial charge in [-0.25, -0.2) is 0 Å². The molecule has 0 bridgehead atoms. The number of carbonyl (C=O) groups excluding carboxylic acids is 1. The molecule has 18 heavy (non-hydrogen) atoms. The Kier molecular flexibility index (Phi) is 4.02. The average Bonchev–Trinajstić information content (AvgIpc) is 2.39. The lowest BCUT2D eigenvalue weighted by Gasteiger charge is -2.35. The van der Waals surface area contributed by atoms with Crippen molar-refractivity contribution in [3.05, 3.63) is 35.4 Å². The van der Waals surface area contributed by atoms with Gasteiger partial charge in [0, 0.05) is 13.5 Å². The largest absolute Gasteiger partial charge is 0.389 e. The highest BCUT2D eigenvalue weighted by Gasteiger charge is 2.25. The Hall–Kier alpha value is -1.35. The highest BCUT2D eigenvalue weighted by Crippen LogP contribution is 2.31. The molecule has 0 spiro atoms. The van der Waals surface area contributed by atoms with Gasteiger partial charge in [-0.05, 0) is 37.3 Å². The van der Waals surface area contributed by atoms with E-state index in [2.05, 4.69) is 0 Å². The summed E-state index contributed by atoms with van der Waals surface area (Å²) in [5.74, 6) is 0.152. The number of aliphatic hydroxyl groups excluding tert-OH is 1. The molecule has 2 unspecified atom stereocenters. The lowest BCUT2D eigenvalue weighted by molar-refractivity contribution is -0.132. The smallest absolute Gasteiger partial charge is 0.219 e. The quantitative estimate of drug-likeness (QED) is 0.873. The van der Waals surface area contributed by atoms with Crippen LogP contribution >= 0.6 is 0 Å². The van der Waals surface area contributed by atoms with Crippen LogP contribution in [0.4, 0.5) is 0 Å². The fourth-order valence-corrected chi connectivity index (χ4v) is 2.65. The van der Waals surface area contributed by atoms with Crippen molar-refractivity contribution in [3.63, 3.8) is 0 Å². The molecule has 98 valence electrons. The average molecular weight is 247 g/mol. The number of aliphatic hydroxyl groups is 1. The van der Waals surface area contributed by atoms with E-state index in [4.69, 9.17) is 0 Å². The van der Waals surface area contributed by atoms with E-state index in [1.807, 2.05) is 29.2 Å². The SMILES string of the molecule is CC(=O)N1CCCCC1c1ccc(C(C)O)cc1. The Bertz CT molecular complexity index is 411. The number of rotatable bonds is 2. The topological polar surface area (TPSA) is 40.5 Å². The maximum atomic E-state index is 11.6. The molecule has 1 aromatic rings. The fourth-order valence-electron chi connectivity index (χ4n) is 2.65. The molecule has 3 heteroatoms. The standard InChI is InChI=1S/C15H21NO2/c1-11(17)13-6-8-14(9-7-13)15-5-3-4-10-16(15)12(2)18/h6-9,11,15,17H,3-5,10H2,1-2H3. The summed E-state index contributed by atoms with van der Waals surface area (Å²) in [5, 5.41) is 9.50. The van der Waals surface area contributed by atoms with Gasteiger partial charge in [-0.2, -0.15) is 0 Å². The third-order valence-electron chi connectivity index (χ3n) is 3.71. The Morgan fingerprint density at radius 1 is 1.33 bits per heavy atom. The first-order valence-electron chi connectivity index (χ1n) is 6.64. The molecule has 1 saturated heterocycles. The zero-order chi connectivity index (χ0) is 13.1. The van der Waals surface area contributed by atoms with Crippen LogP contribution in [-0.2, 0) is 4.79 Å². The lowest BCUT2D eigenvalue weighted by Crippen LogP contribution is -2.36. The molecule has 1 aliphatic rings. The molecule has 2 rings (SSSR count). The molecule has 2 atom stereocenters. The minimum Gasteiger partial charge on any atom is -0.389 e. The summed E-state index contributed by atoms with van der Waals surface area (Å²) in [4.78, 5) is 13.6. The molecular weight excluding hydrogens is 226 g/mol. The molecule has 1 aromatic carbocycles. The number of benzene rings is 1. The number of carbonyl (C=O) groups is 1. The first kappa shape index (κ1) is 13.1. The zero-order valence-corrected chi connectivity index (χ0v) is 11.1. The molecular formula is C15H21NO2. The van der Waals surface area contributed by atoms with Gasteiger partial charge < -0.3 is 10.0 Å². The second kappa shape index (κ2) is 5.53. The normalized spacial score (nSPS) is 21.7. The third kappa shape index (κ3) is 2.72. The maximum absolute atomic E-state index is 11.6. The summed E-state index contributed by atoms with van der Waals surface area (Å²) in [7, 11) is 0. The summed E-state index contributed by atoms with van der Waals surface area (Å²) >= 11 is 0. The van der Waals surface area contributed by atoms with Crippen LogP contribution in [0.3, 0.4) is 0 Å². The van der Waals surface area contributed by atoms with E-state index in [-0.39, 0.29) is 11.9 Å². The monoisotopic (exact) mass is 247 g/mol. The summed E-state index contributed by atoms with van der Waals surface area (Å²) in [6, 6.07) is 8.18. The minimum absolute atomic E-state index is 0.152. The Morgan fingerprint density at radius 2 is 2.00 bits per heavy atom. The molecule has 1 heterocycles. The number of hydrogen-bond donors (Lipinski definition) is 1. The Labute approximate surface area is 108 Å². The summed E-state index contributed by atoms with van der Waals surface area (Å²) in [5.41, 5.74) is 2.10. The van der Waals surface area contributed by atoms with Gasteiger partial charge in [0.25, 0.3) is 0 Å². The van der Waals surface area contributed by atoms with Crippen LogP contribution in [0.5, 0.6) is 0 Å². The maximum Gasteiger partial charge on any atom is 0.219 e. The van der Waals surface area contributed by atoms with Crippen LogP contribution in [0.15, 0.2) is 24.3 Å². The predicted molar refractivity (Wildman–Crippen MR) is 71.1 cm³/mol. The minimum atomic E-state index is -0.436. The first-order valence-corrected chi connectivity index (χ1v) is 6.64. The number of nitrogens with zero attached hydrogens (tertiary/aromatic N) is 1. The van der Waals surface area contributed by atoms with Crippen molar-refractivity contribution in [1.82, 2.24) is 4.90 Å². The zero-order valence-electron chi connectivity index (χ0n) is 11.1. The highest BCUT2D eigenvalue weighted by molar-refractivity contribution is 5.74. The van der Waals surface area contributed by atoms with Crippen LogP contribution in [0.25, 0.3) is 0 Å². The van der Waals surface area contributed by atoms with Crippen LogP contribution in [0.2, 0.25) is 0 Å². The molecule has 1 N–H and O–H groups in total. The number of hydrogen-bond acceptors (Lipinski definition) is 2. The highest BCUT2D eigenvalue weighted by atomic mass is 16.3. The van der Waals surface area contributed by atoms with E-state index in [9.17, 15) is 9.90 Å². The van der Waals surface area contributed by atoms with Crippen molar-refractivity contribution in [2.75, 3.05) is 6.54 Å². The molecule has 3 nitrogen and oxygen atoms in total. The van der Waals surface area contributed by atoms with E-state index >= 15 is 0 Å². The van der Waals surface area contributed by atoms with Crippen molar-refractivity contribution in [2.45, 2.75) is 45.3 Å². The number of likely N-dealkylation sites (tertiary alicyclic amines) is 1. The third-order valence-corrected chi connectivity index (χ3v) is 3.71. The molecule has 0 aromatic heterocycles. The van der Waals surface area contributed by atoms with Gasteiger partial charge in [-0.15, -0.1) is 0 Å². The van der Waals surface area contributed by atoms with Crippen molar-refractivity contribution < 1.29 is 9.90 Å². The molecule has 1 amide bonds. The summed E-state index contributed by atoms with van der Waals surface area (Å²) < 4.78 is 0. The van der Waals surface area contributed by atoms with Gasteiger partial charge in [0.05, 0.1) is 12.1 Å². The van der Waals surface area contributed by atoms with Crippen molar-refractivity contribution >= 4 is 5.91 Å². The summed E-state index contributed by atoms with van der Waals surface area (Å²) in [6.07, 6.45) is 2.87. The van der Waals surface area contributed by atoms with E-state index in [1.165, 1.54) is 12.0 Å². The number of piperidine rings is 1. The van der Waals surface area contributed by atoms with Crippen LogP contribution in [-0.4, -0.2) is 22.5 Å². The van der Waals surface area contributed by atoms with Gasteiger partial charge in [0.1, 0.15) is 0 Å². The second-order valence-electron chi connectivity index (χ2n) is 5.07. The lowest BCUT2D eigenvalue weighted by atomic mass is 9.94. The van der Waals surface area contributed by atoms with Crippen LogP contribution in [0.1, 0.15) is 56.4 Å². The summed E-state index contributed by atoms with van der Waals surface area (Å²) in [6.45, 7) is 4.26. The fraction of sp³-hybridized carbons (Fsp3) is 0.533. The number of amides is 1. The van der Waals surface area contributed by atoms with Gasteiger partial charge >= 0.3 is 0 Å². The molecule has 1 aliphatic heterocycles. The van der Waals surface area contributed by atoms with E-state index in [1.54, 1.807) is 13.8 Å². The molecule has 0 radical (unpaired) electrons. The van der Waals surface area contributed by atoms with Crippen molar-refractivity contribution in [1.29, 1.82) is 0 Å². The van der Waals surface area contributed by atoms with Crippen LogP contribution in [0, 0.1) is 0 Å². The molecule has 1 fully saturated rings. The Balaban J connectivity index is 2.20. The van der Waals surface area contributed by atoms with E-state index < -0.39 is 6.10 Å². The first-order chi connectivity index (χ1) is 8.59. The van der Waals surface area contributed by atoms with Crippen LogP contribution < -0.4 is 0 Å². The second-order valence-corrected chi connectivity index (χ2v) is 5.07.